The van der Waals surface area contributed by atoms with Crippen molar-refractivity contribution in [1.29, 1.82) is 0 Å². The van der Waals surface area contributed by atoms with Crippen LogP contribution in [0.5, 0.6) is 0 Å². The van der Waals surface area contributed by atoms with Crippen molar-refractivity contribution in [2.24, 2.45) is 5.73 Å². The van der Waals surface area contributed by atoms with Crippen LogP contribution in [-0.2, 0) is 6.42 Å². The van der Waals surface area contributed by atoms with Crippen molar-refractivity contribution in [2.45, 2.75) is 26.3 Å². The van der Waals surface area contributed by atoms with Crippen molar-refractivity contribution in [3.63, 3.8) is 0 Å². The molecule has 3 nitrogen and oxygen atoms in total. The van der Waals surface area contributed by atoms with Crippen LogP contribution in [0.25, 0.3) is 0 Å². The zero-order valence-electron chi connectivity index (χ0n) is 12.6. The van der Waals surface area contributed by atoms with E-state index in [9.17, 15) is 4.79 Å². The van der Waals surface area contributed by atoms with Gasteiger partial charge in [0, 0.05) is 5.56 Å². The summed E-state index contributed by atoms with van der Waals surface area (Å²) in [4.78, 5) is 12.4. The number of carbonyl (C=O) groups excluding carboxylic acids is 1. The first-order valence-electron chi connectivity index (χ1n) is 7.27. The molecule has 1 amide bonds. The standard InChI is InChI=1S/C18H22N2O/c1-13-7-9-15(10-8-13)14(2)20-18(21)17-6-4-3-5-16(17)11-12-19/h3-10,14H,11-12,19H2,1-2H3,(H,20,21)/t14-/m0/s1. The molecule has 0 aliphatic carbocycles. The topological polar surface area (TPSA) is 55.1 Å². The van der Waals surface area contributed by atoms with Crippen LogP contribution in [0.3, 0.4) is 0 Å². The zero-order valence-corrected chi connectivity index (χ0v) is 12.6. The molecular formula is C18H22N2O. The molecular weight excluding hydrogens is 260 g/mol. The minimum Gasteiger partial charge on any atom is -0.346 e. The minimum atomic E-state index is -0.0490. The van der Waals surface area contributed by atoms with E-state index in [0.29, 0.717) is 18.5 Å². The van der Waals surface area contributed by atoms with E-state index in [1.807, 2.05) is 43.3 Å². The largest absolute Gasteiger partial charge is 0.346 e. The Balaban J connectivity index is 2.12. The van der Waals surface area contributed by atoms with Crippen LogP contribution in [0.2, 0.25) is 0 Å². The molecule has 0 heterocycles. The Morgan fingerprint density at radius 3 is 2.48 bits per heavy atom. The van der Waals surface area contributed by atoms with Gasteiger partial charge in [-0.25, -0.2) is 0 Å². The van der Waals surface area contributed by atoms with Crippen molar-refractivity contribution in [3.05, 3.63) is 70.8 Å². The first kappa shape index (κ1) is 15.3. The maximum atomic E-state index is 12.4. The molecule has 2 aromatic rings. The zero-order chi connectivity index (χ0) is 15.2. The van der Waals surface area contributed by atoms with Gasteiger partial charge >= 0.3 is 0 Å². The van der Waals surface area contributed by atoms with Crippen molar-refractivity contribution in [1.82, 2.24) is 5.32 Å². The van der Waals surface area contributed by atoms with E-state index in [0.717, 1.165) is 11.1 Å². The van der Waals surface area contributed by atoms with E-state index in [1.165, 1.54) is 5.56 Å². The molecule has 0 bridgehead atoms. The van der Waals surface area contributed by atoms with E-state index in [4.69, 9.17) is 5.73 Å². The Bertz CT molecular complexity index is 605. The fourth-order valence-electron chi connectivity index (χ4n) is 2.33. The van der Waals surface area contributed by atoms with Gasteiger partial charge in [0.25, 0.3) is 5.91 Å². The number of nitrogens with two attached hydrogens (primary N) is 1. The van der Waals surface area contributed by atoms with Crippen molar-refractivity contribution in [3.8, 4) is 0 Å². The molecule has 0 unspecified atom stereocenters. The molecule has 0 fully saturated rings. The number of hydrogen-bond donors (Lipinski definition) is 2. The van der Waals surface area contributed by atoms with Gasteiger partial charge in [-0.05, 0) is 44.0 Å². The lowest BCUT2D eigenvalue weighted by Gasteiger charge is -2.16. The molecule has 3 heteroatoms. The molecule has 1 atom stereocenters. The van der Waals surface area contributed by atoms with Gasteiger partial charge in [0.1, 0.15) is 0 Å². The van der Waals surface area contributed by atoms with Crippen LogP contribution in [0.4, 0.5) is 0 Å². The summed E-state index contributed by atoms with van der Waals surface area (Å²) in [6, 6.07) is 15.8. The van der Waals surface area contributed by atoms with E-state index in [2.05, 4.69) is 24.4 Å². The maximum absolute atomic E-state index is 12.4. The SMILES string of the molecule is Cc1ccc([C@H](C)NC(=O)c2ccccc2CCN)cc1. The third-order valence-corrected chi connectivity index (χ3v) is 3.60. The second-order valence-corrected chi connectivity index (χ2v) is 5.30. The van der Waals surface area contributed by atoms with Crippen molar-refractivity contribution >= 4 is 5.91 Å². The van der Waals surface area contributed by atoms with Gasteiger partial charge in [0.2, 0.25) is 0 Å². The quantitative estimate of drug-likeness (QED) is 0.885. The number of rotatable bonds is 5. The van der Waals surface area contributed by atoms with Crippen molar-refractivity contribution in [2.75, 3.05) is 6.54 Å². The van der Waals surface area contributed by atoms with Crippen molar-refractivity contribution < 1.29 is 4.79 Å². The van der Waals surface area contributed by atoms with Gasteiger partial charge in [-0.3, -0.25) is 4.79 Å². The fraction of sp³-hybridized carbons (Fsp3) is 0.278. The molecule has 0 saturated carbocycles. The summed E-state index contributed by atoms with van der Waals surface area (Å²) in [5, 5.41) is 3.05. The van der Waals surface area contributed by atoms with Crippen LogP contribution < -0.4 is 11.1 Å². The summed E-state index contributed by atoms with van der Waals surface area (Å²) < 4.78 is 0. The summed E-state index contributed by atoms with van der Waals surface area (Å²) in [5.74, 6) is -0.0490. The third kappa shape index (κ3) is 3.92. The van der Waals surface area contributed by atoms with E-state index >= 15 is 0 Å². The average molecular weight is 282 g/mol. The Labute approximate surface area is 126 Å². The van der Waals surface area contributed by atoms with E-state index in [1.54, 1.807) is 0 Å². The highest BCUT2D eigenvalue weighted by Gasteiger charge is 2.14. The summed E-state index contributed by atoms with van der Waals surface area (Å²) in [7, 11) is 0. The van der Waals surface area contributed by atoms with Gasteiger partial charge in [-0.15, -0.1) is 0 Å². The smallest absolute Gasteiger partial charge is 0.252 e. The second-order valence-electron chi connectivity index (χ2n) is 5.30. The minimum absolute atomic E-state index is 0.0240. The predicted molar refractivity (Wildman–Crippen MR) is 86.3 cm³/mol. The third-order valence-electron chi connectivity index (χ3n) is 3.60. The number of hydrogen-bond acceptors (Lipinski definition) is 2. The van der Waals surface area contributed by atoms with Gasteiger partial charge in [-0.2, -0.15) is 0 Å². The molecule has 0 aliphatic rings. The molecule has 0 spiro atoms. The normalized spacial score (nSPS) is 12.0. The fourth-order valence-corrected chi connectivity index (χ4v) is 2.33. The molecule has 2 aromatic carbocycles. The summed E-state index contributed by atoms with van der Waals surface area (Å²) in [6.45, 7) is 4.59. The number of nitrogens with one attached hydrogen (secondary N) is 1. The first-order chi connectivity index (χ1) is 10.1. The van der Waals surface area contributed by atoms with Crippen LogP contribution in [0, 0.1) is 6.92 Å². The van der Waals surface area contributed by atoms with Gasteiger partial charge in [0.05, 0.1) is 6.04 Å². The molecule has 3 N–H and O–H groups in total. The number of benzene rings is 2. The summed E-state index contributed by atoms with van der Waals surface area (Å²) in [6.07, 6.45) is 0.711. The first-order valence-corrected chi connectivity index (χ1v) is 7.27. The maximum Gasteiger partial charge on any atom is 0.252 e. The predicted octanol–water partition coefficient (Wildman–Crippen LogP) is 2.99. The number of carbonyl (C=O) groups is 1. The van der Waals surface area contributed by atoms with E-state index < -0.39 is 0 Å². The Hall–Kier alpha value is -2.13. The molecule has 110 valence electrons. The van der Waals surface area contributed by atoms with Gasteiger partial charge in [-0.1, -0.05) is 48.0 Å². The monoisotopic (exact) mass is 282 g/mol. The highest BCUT2D eigenvalue weighted by Crippen LogP contribution is 2.15. The molecule has 0 radical (unpaired) electrons. The van der Waals surface area contributed by atoms with Crippen LogP contribution in [-0.4, -0.2) is 12.5 Å². The van der Waals surface area contributed by atoms with Gasteiger partial charge < -0.3 is 11.1 Å². The van der Waals surface area contributed by atoms with E-state index in [-0.39, 0.29) is 11.9 Å². The Morgan fingerprint density at radius 2 is 1.81 bits per heavy atom. The highest BCUT2D eigenvalue weighted by molar-refractivity contribution is 5.95. The summed E-state index contributed by atoms with van der Waals surface area (Å²) in [5.41, 5.74) is 9.62. The molecule has 21 heavy (non-hydrogen) atoms. The average Bonchev–Trinajstić information content (AvgIpc) is 2.48. The number of amides is 1. The molecule has 0 saturated heterocycles. The highest BCUT2D eigenvalue weighted by atomic mass is 16.1. The summed E-state index contributed by atoms with van der Waals surface area (Å²) >= 11 is 0. The Morgan fingerprint density at radius 1 is 1.14 bits per heavy atom. The number of aryl methyl sites for hydroxylation is 1. The lowest BCUT2D eigenvalue weighted by molar-refractivity contribution is 0.0939. The molecule has 0 aliphatic heterocycles. The lowest BCUT2D eigenvalue weighted by Crippen LogP contribution is -2.27. The van der Waals surface area contributed by atoms with Crippen LogP contribution >= 0.6 is 0 Å². The lowest BCUT2D eigenvalue weighted by atomic mass is 10.0. The molecule has 0 aromatic heterocycles. The van der Waals surface area contributed by atoms with Gasteiger partial charge in [0.15, 0.2) is 0 Å². The molecule has 2 rings (SSSR count). The second kappa shape index (κ2) is 7.04. The van der Waals surface area contributed by atoms with Crippen LogP contribution in [0.1, 0.15) is 40.0 Å². The Kier molecular flexibility index (Phi) is 5.12. The van der Waals surface area contributed by atoms with Crippen LogP contribution in [0.15, 0.2) is 48.5 Å².